The average molecular weight is 514 g/mol. The van der Waals surface area contributed by atoms with Gasteiger partial charge in [0.25, 0.3) is 5.91 Å². The van der Waals surface area contributed by atoms with E-state index in [1.54, 1.807) is 36.4 Å². The number of aromatic amines is 1. The molecular formula is C22H20ClN7O4S. The van der Waals surface area contributed by atoms with Crippen LogP contribution in [0.25, 0.3) is 11.3 Å². The van der Waals surface area contributed by atoms with Gasteiger partial charge in [-0.2, -0.15) is 5.10 Å². The van der Waals surface area contributed by atoms with E-state index in [-0.39, 0.29) is 34.3 Å². The van der Waals surface area contributed by atoms with Crippen molar-refractivity contribution in [2.45, 2.75) is 6.92 Å². The highest BCUT2D eigenvalue weighted by Gasteiger charge is 2.22. The molecule has 13 heteroatoms. The summed E-state index contributed by atoms with van der Waals surface area (Å²) in [5.74, 6) is 0.341. The molecule has 0 saturated carbocycles. The van der Waals surface area contributed by atoms with Crippen molar-refractivity contribution in [1.82, 2.24) is 20.2 Å². The maximum atomic E-state index is 12.3. The first-order valence-electron chi connectivity index (χ1n) is 10.3. The summed E-state index contributed by atoms with van der Waals surface area (Å²) in [6.45, 7) is 1.52. The van der Waals surface area contributed by atoms with Crippen LogP contribution in [-0.4, -0.2) is 40.2 Å². The Bertz CT molecular complexity index is 1460. The van der Waals surface area contributed by atoms with Crippen LogP contribution in [0.5, 0.6) is 11.5 Å². The molecule has 0 spiro atoms. The first kappa shape index (κ1) is 24.0. The monoisotopic (exact) mass is 513 g/mol. The lowest BCUT2D eigenvalue weighted by atomic mass is 10.1. The van der Waals surface area contributed by atoms with Gasteiger partial charge in [-0.15, -0.1) is 0 Å². The van der Waals surface area contributed by atoms with Crippen molar-refractivity contribution >= 4 is 44.9 Å². The van der Waals surface area contributed by atoms with E-state index in [0.717, 1.165) is 0 Å². The molecule has 0 radical (unpaired) electrons. The minimum Gasteiger partial charge on any atom is -0.455 e. The van der Waals surface area contributed by atoms with Crippen LogP contribution < -0.4 is 20.5 Å². The molecule has 1 amide bonds. The van der Waals surface area contributed by atoms with E-state index in [1.165, 1.54) is 31.6 Å². The van der Waals surface area contributed by atoms with Gasteiger partial charge in [0.05, 0.1) is 17.6 Å². The number of carbonyl (C=O) groups excluding carboxylic acids is 1. The fraction of sp³-hybridized carbons (Fsp3) is 0.0909. The van der Waals surface area contributed by atoms with Gasteiger partial charge >= 0.3 is 0 Å². The molecule has 4 aromatic rings. The topological polar surface area (TPSA) is 165 Å². The zero-order valence-electron chi connectivity index (χ0n) is 18.3. The molecule has 4 rings (SSSR count). The van der Waals surface area contributed by atoms with Crippen LogP contribution >= 0.6 is 11.6 Å². The van der Waals surface area contributed by atoms with Gasteiger partial charge < -0.3 is 15.8 Å². The number of hydrogen-bond acceptors (Lipinski definition) is 8. The zero-order valence-corrected chi connectivity index (χ0v) is 19.9. The number of rotatable bonds is 9. The minimum atomic E-state index is -3.59. The highest BCUT2D eigenvalue weighted by atomic mass is 35.5. The molecule has 0 bridgehead atoms. The molecule has 0 aliphatic carbocycles. The van der Waals surface area contributed by atoms with E-state index in [4.69, 9.17) is 22.1 Å². The van der Waals surface area contributed by atoms with Crippen molar-refractivity contribution in [2.24, 2.45) is 5.73 Å². The first-order chi connectivity index (χ1) is 16.8. The van der Waals surface area contributed by atoms with E-state index in [0.29, 0.717) is 22.2 Å². The summed E-state index contributed by atoms with van der Waals surface area (Å²) in [5.41, 5.74) is 6.62. The third-order valence-electron chi connectivity index (χ3n) is 4.77. The summed E-state index contributed by atoms with van der Waals surface area (Å²) < 4.78 is 32.9. The van der Waals surface area contributed by atoms with Crippen LogP contribution in [0.2, 0.25) is 5.02 Å². The molecule has 2 heterocycles. The summed E-state index contributed by atoms with van der Waals surface area (Å²) >= 11 is 5.95. The van der Waals surface area contributed by atoms with Crippen molar-refractivity contribution in [1.29, 1.82) is 0 Å². The number of H-pyrrole nitrogens is 1. The van der Waals surface area contributed by atoms with Crippen LogP contribution in [0.1, 0.15) is 17.3 Å². The second kappa shape index (κ2) is 9.99. The van der Waals surface area contributed by atoms with E-state index >= 15 is 0 Å². The Labute approximate surface area is 205 Å². The number of anilines is 3. The molecule has 5 N–H and O–H groups in total. The van der Waals surface area contributed by atoms with E-state index in [1.807, 2.05) is 0 Å². The van der Waals surface area contributed by atoms with Gasteiger partial charge in [0, 0.05) is 23.0 Å². The SMILES string of the molecule is CCS(=O)(=O)Nc1ccc(-c2n[nH]c(Nc3cnccn3)c2C(N)=O)cc1Oc1ccc(Cl)cc1. The molecule has 2 aromatic heterocycles. The number of ether oxygens (including phenoxy) is 1. The average Bonchev–Trinajstić information content (AvgIpc) is 3.26. The Balaban J connectivity index is 1.77. The number of nitrogens with two attached hydrogens (primary N) is 1. The summed E-state index contributed by atoms with van der Waals surface area (Å²) in [4.78, 5) is 20.4. The molecule has 11 nitrogen and oxygen atoms in total. The molecule has 0 aliphatic rings. The fourth-order valence-electron chi connectivity index (χ4n) is 3.08. The number of nitrogens with zero attached hydrogens (tertiary/aromatic N) is 3. The van der Waals surface area contributed by atoms with Crippen LogP contribution in [0, 0.1) is 0 Å². The number of benzene rings is 2. The Morgan fingerprint density at radius 3 is 2.60 bits per heavy atom. The summed E-state index contributed by atoms with van der Waals surface area (Å²) in [5, 5.41) is 10.4. The van der Waals surface area contributed by atoms with Gasteiger partial charge in [-0.05, 0) is 43.3 Å². The van der Waals surface area contributed by atoms with Crippen LogP contribution in [0.3, 0.4) is 0 Å². The lowest BCUT2D eigenvalue weighted by molar-refractivity contribution is 0.100. The molecular weight excluding hydrogens is 494 g/mol. The van der Waals surface area contributed by atoms with Crippen molar-refractivity contribution in [2.75, 3.05) is 15.8 Å². The van der Waals surface area contributed by atoms with Crippen molar-refractivity contribution in [3.05, 3.63) is 71.6 Å². The van der Waals surface area contributed by atoms with Crippen molar-refractivity contribution < 1.29 is 17.9 Å². The van der Waals surface area contributed by atoms with E-state index < -0.39 is 15.9 Å². The third kappa shape index (κ3) is 5.67. The molecule has 0 fully saturated rings. The lowest BCUT2D eigenvalue weighted by Gasteiger charge is -2.14. The van der Waals surface area contributed by atoms with Gasteiger partial charge in [-0.25, -0.2) is 13.4 Å². The van der Waals surface area contributed by atoms with Crippen LogP contribution in [0.4, 0.5) is 17.3 Å². The highest BCUT2D eigenvalue weighted by Crippen LogP contribution is 2.37. The number of aromatic nitrogens is 4. The predicted molar refractivity (Wildman–Crippen MR) is 132 cm³/mol. The third-order valence-corrected chi connectivity index (χ3v) is 6.31. The number of sulfonamides is 1. The Hall–Kier alpha value is -4.16. The number of halogens is 1. The molecule has 0 aliphatic heterocycles. The summed E-state index contributed by atoms with van der Waals surface area (Å²) in [6.07, 6.45) is 4.47. The maximum absolute atomic E-state index is 12.3. The minimum absolute atomic E-state index is 0.0787. The highest BCUT2D eigenvalue weighted by molar-refractivity contribution is 7.92. The van der Waals surface area contributed by atoms with E-state index in [9.17, 15) is 13.2 Å². The van der Waals surface area contributed by atoms with Gasteiger partial charge in [-0.3, -0.25) is 19.6 Å². The quantitative estimate of drug-likeness (QED) is 0.261. The number of amides is 1. The molecule has 0 unspecified atom stereocenters. The Morgan fingerprint density at radius 2 is 1.94 bits per heavy atom. The first-order valence-corrected chi connectivity index (χ1v) is 12.3. The molecule has 2 aromatic carbocycles. The Kier molecular flexibility index (Phi) is 6.85. The van der Waals surface area contributed by atoms with Crippen molar-refractivity contribution in [3.63, 3.8) is 0 Å². The molecule has 0 atom stereocenters. The smallest absolute Gasteiger partial charge is 0.254 e. The zero-order chi connectivity index (χ0) is 25.0. The fourth-order valence-corrected chi connectivity index (χ4v) is 3.85. The predicted octanol–water partition coefficient (Wildman–Crippen LogP) is 3.92. The van der Waals surface area contributed by atoms with Gasteiger partial charge in [0.15, 0.2) is 5.75 Å². The van der Waals surface area contributed by atoms with Crippen LogP contribution in [-0.2, 0) is 10.0 Å². The van der Waals surface area contributed by atoms with Gasteiger partial charge in [0.1, 0.15) is 28.6 Å². The number of hydrogen-bond donors (Lipinski definition) is 4. The number of primary amides is 1. The molecule has 0 saturated heterocycles. The maximum Gasteiger partial charge on any atom is 0.254 e. The second-order valence-electron chi connectivity index (χ2n) is 7.17. The Morgan fingerprint density at radius 1 is 1.17 bits per heavy atom. The van der Waals surface area contributed by atoms with Gasteiger partial charge in [-0.1, -0.05) is 17.7 Å². The van der Waals surface area contributed by atoms with E-state index in [2.05, 4.69) is 30.2 Å². The normalized spacial score (nSPS) is 11.1. The van der Waals surface area contributed by atoms with Gasteiger partial charge in [0.2, 0.25) is 10.0 Å². The standard InChI is InChI=1S/C22H20ClN7O4S/c1-2-35(32,33)30-16-8-3-13(11-17(16)34-15-6-4-14(23)5-7-15)20-19(21(24)31)22(29-28-20)27-18-12-25-9-10-26-18/h3-12,30H,2H2,1H3,(H2,24,31)(H2,26,27,28,29). The second-order valence-corrected chi connectivity index (χ2v) is 9.62. The molecule has 180 valence electrons. The number of carbonyl (C=O) groups is 1. The lowest BCUT2D eigenvalue weighted by Crippen LogP contribution is -2.15. The van der Waals surface area contributed by atoms with Crippen LogP contribution in [0.15, 0.2) is 61.1 Å². The number of nitrogens with one attached hydrogen (secondary N) is 3. The largest absolute Gasteiger partial charge is 0.455 e. The van der Waals surface area contributed by atoms with Crippen molar-refractivity contribution in [3.8, 4) is 22.8 Å². The molecule has 35 heavy (non-hydrogen) atoms. The summed E-state index contributed by atoms with van der Waals surface area (Å²) in [6, 6.07) is 11.2. The summed E-state index contributed by atoms with van der Waals surface area (Å²) in [7, 11) is -3.59.